The van der Waals surface area contributed by atoms with Crippen LogP contribution in [0.15, 0.2) is 15.4 Å². The van der Waals surface area contributed by atoms with Crippen molar-refractivity contribution in [3.63, 3.8) is 0 Å². The van der Waals surface area contributed by atoms with Gasteiger partial charge in [0.05, 0.1) is 6.54 Å². The average Bonchev–Trinajstić information content (AvgIpc) is 2.71. The summed E-state index contributed by atoms with van der Waals surface area (Å²) in [5.41, 5.74) is 5.64. The van der Waals surface area contributed by atoms with Gasteiger partial charge >= 0.3 is 0 Å². The molecule has 0 aliphatic carbocycles. The normalized spacial score (nSPS) is 24.6. The first kappa shape index (κ1) is 14.0. The summed E-state index contributed by atoms with van der Waals surface area (Å²) in [5.74, 6) is 0.547. The number of nitrogens with two attached hydrogens (primary N) is 1. The van der Waals surface area contributed by atoms with Crippen LogP contribution in [0.2, 0.25) is 0 Å². The predicted octanol–water partition coefficient (Wildman–Crippen LogP) is 0.449. The van der Waals surface area contributed by atoms with Crippen LogP contribution in [0.5, 0.6) is 0 Å². The Labute approximate surface area is 112 Å². The quantitative estimate of drug-likeness (QED) is 0.860. The van der Waals surface area contributed by atoms with E-state index < -0.39 is 5.56 Å². The monoisotopic (exact) mass is 267 g/mol. The van der Waals surface area contributed by atoms with Crippen LogP contribution in [0, 0.1) is 12.8 Å². The van der Waals surface area contributed by atoms with E-state index in [2.05, 4.69) is 6.92 Å². The summed E-state index contributed by atoms with van der Waals surface area (Å²) in [7, 11) is 0. The molecule has 106 valence electrons. The van der Waals surface area contributed by atoms with Gasteiger partial charge in [0, 0.05) is 25.2 Å². The highest BCUT2D eigenvalue weighted by molar-refractivity contribution is 5.79. The van der Waals surface area contributed by atoms with E-state index >= 15 is 0 Å². The maximum Gasteiger partial charge on any atom is 0.290 e. The molecule has 0 bridgehead atoms. The molecule has 0 amide bonds. The molecule has 1 aliphatic heterocycles. The SMILES string of the molecule is CCC1CN(CC(=O)n2oc(C)cc2=O)CCC1N. The summed E-state index contributed by atoms with van der Waals surface area (Å²) in [4.78, 5) is 25.6. The van der Waals surface area contributed by atoms with E-state index in [1.54, 1.807) is 6.92 Å². The van der Waals surface area contributed by atoms with Gasteiger partial charge in [0.25, 0.3) is 11.5 Å². The van der Waals surface area contributed by atoms with Gasteiger partial charge in [-0.25, -0.2) is 0 Å². The molecule has 2 heterocycles. The third kappa shape index (κ3) is 3.13. The largest absolute Gasteiger partial charge is 0.373 e. The van der Waals surface area contributed by atoms with Gasteiger partial charge in [0.2, 0.25) is 0 Å². The molecule has 2 N–H and O–H groups in total. The van der Waals surface area contributed by atoms with Crippen molar-refractivity contribution in [3.8, 4) is 0 Å². The minimum Gasteiger partial charge on any atom is -0.373 e. The molecule has 1 saturated heterocycles. The molecular weight excluding hydrogens is 246 g/mol. The van der Waals surface area contributed by atoms with E-state index in [0.29, 0.717) is 11.7 Å². The average molecular weight is 267 g/mol. The van der Waals surface area contributed by atoms with E-state index in [9.17, 15) is 9.59 Å². The third-order valence-electron chi connectivity index (χ3n) is 3.75. The van der Waals surface area contributed by atoms with Crippen LogP contribution < -0.4 is 11.3 Å². The van der Waals surface area contributed by atoms with Crippen molar-refractivity contribution < 1.29 is 9.32 Å². The minimum atomic E-state index is -0.400. The lowest BCUT2D eigenvalue weighted by molar-refractivity contribution is 0.0659. The fourth-order valence-electron chi connectivity index (χ4n) is 2.58. The second-order valence-electron chi connectivity index (χ2n) is 5.23. The van der Waals surface area contributed by atoms with E-state index in [1.165, 1.54) is 6.07 Å². The number of hydrogen-bond acceptors (Lipinski definition) is 5. The van der Waals surface area contributed by atoms with E-state index in [0.717, 1.165) is 30.7 Å². The lowest BCUT2D eigenvalue weighted by atomic mass is 9.91. The molecule has 2 unspecified atom stereocenters. The first-order chi connectivity index (χ1) is 9.01. The molecule has 1 aromatic heterocycles. The number of likely N-dealkylation sites (tertiary alicyclic amines) is 1. The van der Waals surface area contributed by atoms with Crippen molar-refractivity contribution in [3.05, 3.63) is 22.2 Å². The summed E-state index contributed by atoms with van der Waals surface area (Å²) in [6, 6.07) is 1.53. The molecule has 1 aromatic rings. The van der Waals surface area contributed by atoms with Crippen molar-refractivity contribution in [1.29, 1.82) is 0 Å². The van der Waals surface area contributed by atoms with Crippen molar-refractivity contribution >= 4 is 5.91 Å². The Balaban J connectivity index is 2.00. The van der Waals surface area contributed by atoms with Crippen LogP contribution in [-0.4, -0.2) is 41.2 Å². The van der Waals surface area contributed by atoms with Gasteiger partial charge in [0.15, 0.2) is 0 Å². The maximum absolute atomic E-state index is 12.0. The molecule has 0 saturated carbocycles. The summed E-state index contributed by atoms with van der Waals surface area (Å²) in [5, 5.41) is 0. The Bertz CT molecular complexity index is 505. The van der Waals surface area contributed by atoms with Crippen LogP contribution in [0.4, 0.5) is 0 Å². The number of nitrogens with zero attached hydrogens (tertiary/aromatic N) is 2. The van der Waals surface area contributed by atoms with E-state index in [4.69, 9.17) is 10.3 Å². The Hall–Kier alpha value is -1.40. The zero-order valence-electron chi connectivity index (χ0n) is 11.5. The number of piperidine rings is 1. The number of rotatable bonds is 3. The smallest absolute Gasteiger partial charge is 0.290 e. The fraction of sp³-hybridized carbons (Fsp3) is 0.692. The molecule has 6 nitrogen and oxygen atoms in total. The van der Waals surface area contributed by atoms with Gasteiger partial charge in [-0.1, -0.05) is 13.3 Å². The molecular formula is C13H21N3O3. The van der Waals surface area contributed by atoms with Crippen molar-refractivity contribution in [2.75, 3.05) is 19.6 Å². The molecule has 1 aliphatic rings. The lowest BCUT2D eigenvalue weighted by Crippen LogP contribution is -2.49. The summed E-state index contributed by atoms with van der Waals surface area (Å²) in [6.07, 6.45) is 1.89. The fourth-order valence-corrected chi connectivity index (χ4v) is 2.58. The standard InChI is InChI=1S/C13H21N3O3/c1-3-10-7-15(5-4-11(10)14)8-13(18)16-12(17)6-9(2)19-16/h6,10-11H,3-5,7-8,14H2,1-2H3. The number of carbonyl (C=O) groups is 1. The van der Waals surface area contributed by atoms with Gasteiger partial charge in [-0.3, -0.25) is 14.5 Å². The maximum atomic E-state index is 12.0. The van der Waals surface area contributed by atoms with Gasteiger partial charge < -0.3 is 10.3 Å². The predicted molar refractivity (Wildman–Crippen MR) is 71.1 cm³/mol. The highest BCUT2D eigenvalue weighted by atomic mass is 16.5. The van der Waals surface area contributed by atoms with Gasteiger partial charge in [-0.15, -0.1) is 4.74 Å². The molecule has 0 spiro atoms. The number of aromatic nitrogens is 1. The molecule has 1 fully saturated rings. The summed E-state index contributed by atoms with van der Waals surface area (Å²) >= 11 is 0. The third-order valence-corrected chi connectivity index (χ3v) is 3.75. The van der Waals surface area contributed by atoms with Crippen molar-refractivity contribution in [2.45, 2.75) is 32.7 Å². The molecule has 19 heavy (non-hydrogen) atoms. The number of hydrogen-bond donors (Lipinski definition) is 1. The molecule has 0 radical (unpaired) electrons. The first-order valence-corrected chi connectivity index (χ1v) is 6.72. The number of carbonyl (C=O) groups excluding carboxylic acids is 1. The van der Waals surface area contributed by atoms with Crippen LogP contribution in [0.3, 0.4) is 0 Å². The first-order valence-electron chi connectivity index (χ1n) is 6.72. The van der Waals surface area contributed by atoms with Gasteiger partial charge in [-0.05, 0) is 19.3 Å². The van der Waals surface area contributed by atoms with E-state index in [1.807, 2.05) is 4.90 Å². The number of aryl methyl sites for hydroxylation is 1. The van der Waals surface area contributed by atoms with Crippen LogP contribution in [0.25, 0.3) is 0 Å². The zero-order chi connectivity index (χ0) is 14.0. The second-order valence-corrected chi connectivity index (χ2v) is 5.23. The minimum absolute atomic E-state index is 0.204. The summed E-state index contributed by atoms with van der Waals surface area (Å²) < 4.78 is 5.93. The second kappa shape index (κ2) is 5.71. The van der Waals surface area contributed by atoms with Gasteiger partial charge in [-0.2, -0.15) is 0 Å². The zero-order valence-corrected chi connectivity index (χ0v) is 11.5. The Morgan fingerprint density at radius 2 is 2.32 bits per heavy atom. The van der Waals surface area contributed by atoms with Crippen molar-refractivity contribution in [2.24, 2.45) is 11.7 Å². The topological polar surface area (TPSA) is 81.5 Å². The Morgan fingerprint density at radius 3 is 2.89 bits per heavy atom. The van der Waals surface area contributed by atoms with Crippen molar-refractivity contribution in [1.82, 2.24) is 9.64 Å². The molecule has 2 atom stereocenters. The molecule has 6 heteroatoms. The van der Waals surface area contributed by atoms with Crippen LogP contribution in [0.1, 0.15) is 30.3 Å². The van der Waals surface area contributed by atoms with Crippen LogP contribution in [-0.2, 0) is 0 Å². The molecule has 0 aromatic carbocycles. The highest BCUT2D eigenvalue weighted by Gasteiger charge is 2.27. The lowest BCUT2D eigenvalue weighted by Gasteiger charge is -2.35. The van der Waals surface area contributed by atoms with Gasteiger partial charge in [0.1, 0.15) is 5.76 Å². The Kier molecular flexibility index (Phi) is 4.21. The molecule has 2 rings (SSSR count). The summed E-state index contributed by atoms with van der Waals surface area (Å²) in [6.45, 7) is 5.56. The van der Waals surface area contributed by atoms with E-state index in [-0.39, 0.29) is 18.5 Å². The van der Waals surface area contributed by atoms with Crippen LogP contribution >= 0.6 is 0 Å². The Morgan fingerprint density at radius 1 is 1.58 bits per heavy atom. The highest BCUT2D eigenvalue weighted by Crippen LogP contribution is 2.18.